The quantitative estimate of drug-likeness (QED) is 0.534. The number of benzene rings is 2. The first kappa shape index (κ1) is 27.5. The minimum atomic E-state index is -3.75. The predicted molar refractivity (Wildman–Crippen MR) is 139 cm³/mol. The average Bonchev–Trinajstić information content (AvgIpc) is 2.90. The molecule has 2 saturated heterocycles. The van der Waals surface area contributed by atoms with Crippen molar-refractivity contribution in [2.24, 2.45) is 5.92 Å². The fraction of sp³-hybridized carbons (Fsp3) is 0.480. The van der Waals surface area contributed by atoms with Gasteiger partial charge in [-0.05, 0) is 49.1 Å². The van der Waals surface area contributed by atoms with Crippen LogP contribution in [0.4, 0.5) is 5.69 Å². The number of amides is 1. The second-order valence-corrected chi connectivity index (χ2v) is 13.1. The Morgan fingerprint density at radius 1 is 1.00 bits per heavy atom. The molecule has 1 amide bonds. The van der Waals surface area contributed by atoms with E-state index >= 15 is 0 Å². The van der Waals surface area contributed by atoms with E-state index < -0.39 is 26.0 Å². The van der Waals surface area contributed by atoms with E-state index in [1.165, 1.54) is 33.9 Å². The minimum Gasteiger partial charge on any atom is -0.495 e. The van der Waals surface area contributed by atoms with Crippen LogP contribution < -0.4 is 10.1 Å². The molecule has 0 aliphatic carbocycles. The number of hydrogen-bond donors (Lipinski definition) is 1. The summed E-state index contributed by atoms with van der Waals surface area (Å²) in [5.41, 5.74) is 1.95. The lowest BCUT2D eigenvalue weighted by molar-refractivity contribution is -0.120. The van der Waals surface area contributed by atoms with Gasteiger partial charge in [-0.2, -0.15) is 4.31 Å². The van der Waals surface area contributed by atoms with Crippen LogP contribution in [-0.2, 0) is 35.3 Å². The van der Waals surface area contributed by atoms with E-state index in [2.05, 4.69) is 5.32 Å². The largest absolute Gasteiger partial charge is 0.495 e. The van der Waals surface area contributed by atoms with E-state index in [9.17, 15) is 21.6 Å². The lowest BCUT2D eigenvalue weighted by Crippen LogP contribution is -2.42. The van der Waals surface area contributed by atoms with Gasteiger partial charge in [-0.15, -0.1) is 0 Å². The highest BCUT2D eigenvalue weighted by atomic mass is 32.2. The fourth-order valence-electron chi connectivity index (χ4n) is 4.57. The number of piperidine rings is 1. The Labute approximate surface area is 218 Å². The molecule has 0 bridgehead atoms. The summed E-state index contributed by atoms with van der Waals surface area (Å²) in [6, 6.07) is 11.8. The number of ether oxygens (including phenoxy) is 2. The molecule has 0 atom stereocenters. The number of sulfonamides is 2. The summed E-state index contributed by atoms with van der Waals surface area (Å²) < 4.78 is 65.4. The van der Waals surface area contributed by atoms with E-state index in [4.69, 9.17) is 9.47 Å². The molecule has 12 heteroatoms. The molecular formula is C25H33N3O7S2. The second kappa shape index (κ2) is 11.5. The summed E-state index contributed by atoms with van der Waals surface area (Å²) in [5.74, 6) is -0.435. The van der Waals surface area contributed by atoms with Gasteiger partial charge in [-0.3, -0.25) is 4.79 Å². The van der Waals surface area contributed by atoms with Crippen LogP contribution in [0.3, 0.4) is 0 Å². The van der Waals surface area contributed by atoms with Gasteiger partial charge in [0, 0.05) is 32.1 Å². The number of carbonyl (C=O) groups is 1. The number of anilines is 1. The number of methoxy groups -OCH3 is 1. The molecule has 0 unspecified atom stereocenters. The summed E-state index contributed by atoms with van der Waals surface area (Å²) in [6.07, 6.45) is 0.736. The second-order valence-electron chi connectivity index (χ2n) is 9.22. The molecule has 4 rings (SSSR count). The lowest BCUT2D eigenvalue weighted by Gasteiger charge is -2.31. The van der Waals surface area contributed by atoms with Crippen molar-refractivity contribution in [3.63, 3.8) is 0 Å². The maximum atomic E-state index is 13.1. The fourth-order valence-corrected chi connectivity index (χ4v) is 7.67. The number of rotatable bonds is 8. The van der Waals surface area contributed by atoms with Crippen LogP contribution in [0.2, 0.25) is 0 Å². The van der Waals surface area contributed by atoms with Gasteiger partial charge in [0.25, 0.3) is 0 Å². The van der Waals surface area contributed by atoms with Gasteiger partial charge in [-0.25, -0.2) is 21.1 Å². The highest BCUT2D eigenvalue weighted by Crippen LogP contribution is 2.31. The molecule has 0 radical (unpaired) electrons. The number of aryl methyl sites for hydroxylation is 1. The van der Waals surface area contributed by atoms with E-state index in [-0.39, 0.29) is 48.4 Å². The number of morpholine rings is 1. The Bertz CT molecular complexity index is 1330. The summed E-state index contributed by atoms with van der Waals surface area (Å²) in [4.78, 5) is 13.1. The van der Waals surface area contributed by atoms with Crippen LogP contribution in [-0.4, -0.2) is 77.9 Å². The molecule has 2 aliphatic rings. The van der Waals surface area contributed by atoms with Crippen molar-refractivity contribution in [2.75, 3.05) is 51.8 Å². The smallest absolute Gasteiger partial charge is 0.243 e. The highest BCUT2D eigenvalue weighted by molar-refractivity contribution is 7.89. The molecule has 37 heavy (non-hydrogen) atoms. The van der Waals surface area contributed by atoms with Crippen molar-refractivity contribution in [2.45, 2.75) is 30.4 Å². The van der Waals surface area contributed by atoms with Gasteiger partial charge in [0.05, 0.1) is 36.7 Å². The number of nitrogens with zero attached hydrogens (tertiary/aromatic N) is 2. The monoisotopic (exact) mass is 551 g/mol. The number of hydrogen-bond acceptors (Lipinski definition) is 7. The zero-order valence-electron chi connectivity index (χ0n) is 21.1. The normalized spacial score (nSPS) is 18.4. The van der Waals surface area contributed by atoms with Crippen LogP contribution in [0.1, 0.15) is 24.0 Å². The first-order valence-corrected chi connectivity index (χ1v) is 15.3. The first-order chi connectivity index (χ1) is 17.6. The Hall–Kier alpha value is -2.51. The third-order valence-electron chi connectivity index (χ3n) is 6.85. The van der Waals surface area contributed by atoms with Crippen molar-refractivity contribution < 1.29 is 31.1 Å². The number of nitrogens with one attached hydrogen (secondary N) is 1. The minimum absolute atomic E-state index is 0.0580. The predicted octanol–water partition coefficient (Wildman–Crippen LogP) is 2.21. The molecular weight excluding hydrogens is 518 g/mol. The van der Waals surface area contributed by atoms with Gasteiger partial charge in [0.15, 0.2) is 0 Å². The molecule has 2 heterocycles. The molecule has 202 valence electrons. The zero-order valence-corrected chi connectivity index (χ0v) is 22.7. The Balaban J connectivity index is 1.41. The zero-order chi connectivity index (χ0) is 26.6. The van der Waals surface area contributed by atoms with E-state index in [0.29, 0.717) is 31.8 Å². The summed E-state index contributed by atoms with van der Waals surface area (Å²) in [5, 5.41) is 2.81. The van der Waals surface area contributed by atoms with Gasteiger partial charge >= 0.3 is 0 Å². The van der Waals surface area contributed by atoms with Crippen LogP contribution in [0, 0.1) is 12.8 Å². The van der Waals surface area contributed by atoms with Gasteiger partial charge < -0.3 is 14.8 Å². The topological polar surface area (TPSA) is 122 Å². The van der Waals surface area contributed by atoms with E-state index in [0.717, 1.165) is 11.1 Å². The lowest BCUT2D eigenvalue weighted by atomic mass is 9.97. The van der Waals surface area contributed by atoms with Crippen LogP contribution in [0.25, 0.3) is 0 Å². The van der Waals surface area contributed by atoms with Crippen molar-refractivity contribution in [1.29, 1.82) is 0 Å². The average molecular weight is 552 g/mol. The molecule has 0 saturated carbocycles. The van der Waals surface area contributed by atoms with E-state index in [1.807, 2.05) is 31.2 Å². The Morgan fingerprint density at radius 2 is 1.68 bits per heavy atom. The van der Waals surface area contributed by atoms with Crippen molar-refractivity contribution >= 4 is 31.6 Å². The molecule has 0 spiro atoms. The summed E-state index contributed by atoms with van der Waals surface area (Å²) >= 11 is 0. The van der Waals surface area contributed by atoms with Gasteiger partial charge in [0.2, 0.25) is 26.0 Å². The standard InChI is InChI=1S/C25H33N3O7S2/c1-19-5-3-4-6-21(19)18-36(30,31)27-11-9-20(10-12-27)25(29)26-23-17-22(7-8-24(23)34-2)37(32,33)28-13-15-35-16-14-28/h3-8,17,20H,9-16,18H2,1-2H3,(H,26,29). The van der Waals surface area contributed by atoms with Crippen LogP contribution in [0.15, 0.2) is 47.4 Å². The molecule has 0 aromatic heterocycles. The summed E-state index contributed by atoms with van der Waals surface area (Å²) in [7, 11) is -5.82. The molecule has 2 aromatic rings. The van der Waals surface area contributed by atoms with Crippen molar-refractivity contribution in [1.82, 2.24) is 8.61 Å². The summed E-state index contributed by atoms with van der Waals surface area (Å²) in [6.45, 7) is 3.57. The van der Waals surface area contributed by atoms with Gasteiger partial charge in [0.1, 0.15) is 5.75 Å². The maximum absolute atomic E-state index is 13.1. The molecule has 2 aromatic carbocycles. The Morgan fingerprint density at radius 3 is 2.32 bits per heavy atom. The third kappa shape index (κ3) is 6.32. The van der Waals surface area contributed by atoms with Crippen molar-refractivity contribution in [3.05, 3.63) is 53.6 Å². The highest BCUT2D eigenvalue weighted by Gasteiger charge is 2.32. The van der Waals surface area contributed by atoms with Crippen LogP contribution in [0.5, 0.6) is 5.75 Å². The molecule has 2 aliphatic heterocycles. The SMILES string of the molecule is COc1ccc(S(=O)(=O)N2CCOCC2)cc1NC(=O)C1CCN(S(=O)(=O)Cc2ccccc2C)CC1. The Kier molecular flexibility index (Phi) is 8.54. The van der Waals surface area contributed by atoms with Crippen LogP contribution >= 0.6 is 0 Å². The molecule has 2 fully saturated rings. The molecule has 1 N–H and O–H groups in total. The first-order valence-electron chi connectivity index (χ1n) is 12.2. The van der Waals surface area contributed by atoms with E-state index in [1.54, 1.807) is 0 Å². The van der Waals surface area contributed by atoms with Gasteiger partial charge in [-0.1, -0.05) is 24.3 Å². The van der Waals surface area contributed by atoms with Crippen molar-refractivity contribution in [3.8, 4) is 5.75 Å². The number of carbonyl (C=O) groups excluding carboxylic acids is 1. The maximum Gasteiger partial charge on any atom is 0.243 e. The third-order valence-corrected chi connectivity index (χ3v) is 10.6. The molecule has 10 nitrogen and oxygen atoms in total.